The highest BCUT2D eigenvalue weighted by Crippen LogP contribution is 2.25. The molecule has 0 saturated carbocycles. The summed E-state index contributed by atoms with van der Waals surface area (Å²) in [7, 11) is 0. The SMILES string of the molecule is NC(=O)c1o[nH]c2cccc1-2. The Balaban J connectivity index is 2.64. The van der Waals surface area contributed by atoms with Gasteiger partial charge in [-0.15, -0.1) is 0 Å². The molecule has 0 aromatic rings. The lowest BCUT2D eigenvalue weighted by atomic mass is 10.2. The van der Waals surface area contributed by atoms with Crippen molar-refractivity contribution < 1.29 is 9.32 Å². The van der Waals surface area contributed by atoms with Crippen LogP contribution in [0.5, 0.6) is 0 Å². The summed E-state index contributed by atoms with van der Waals surface area (Å²) in [4.78, 5) is 10.7. The Labute approximate surface area is 62.3 Å². The third-order valence-electron chi connectivity index (χ3n) is 1.55. The Hall–Kier alpha value is -1.71. The molecule has 0 bridgehead atoms. The molecule has 1 heterocycles. The van der Waals surface area contributed by atoms with Gasteiger partial charge < -0.3 is 10.3 Å². The van der Waals surface area contributed by atoms with Crippen LogP contribution in [-0.2, 0) is 0 Å². The van der Waals surface area contributed by atoms with Crippen LogP contribution in [0, 0.1) is 0 Å². The molecule has 0 unspecified atom stereocenters. The topological polar surface area (TPSA) is 72.0 Å². The number of carbonyl (C=O) groups excluding carboxylic acids is 1. The highest BCUT2D eigenvalue weighted by Gasteiger charge is 2.16. The van der Waals surface area contributed by atoms with Crippen LogP contribution < -0.4 is 5.73 Å². The summed E-state index contributed by atoms with van der Waals surface area (Å²) in [6, 6.07) is 5.41. The number of fused-ring (bicyclic) bond motifs is 1. The molecule has 4 nitrogen and oxygen atoms in total. The Morgan fingerprint density at radius 2 is 2.36 bits per heavy atom. The molecule has 4 heteroatoms. The lowest BCUT2D eigenvalue weighted by Gasteiger charge is -1.85. The summed E-state index contributed by atoms with van der Waals surface area (Å²) in [6.45, 7) is 0. The number of carbonyl (C=O) groups is 1. The number of H-pyrrole nitrogens is 1. The van der Waals surface area contributed by atoms with Gasteiger partial charge in [-0.2, -0.15) is 0 Å². The largest absolute Gasteiger partial charge is 0.376 e. The first-order chi connectivity index (χ1) is 5.29. The van der Waals surface area contributed by atoms with Crippen molar-refractivity contribution in [3.05, 3.63) is 24.0 Å². The van der Waals surface area contributed by atoms with Gasteiger partial charge in [0, 0.05) is 0 Å². The molecular formula is C7H6N2O2. The van der Waals surface area contributed by atoms with Gasteiger partial charge in [-0.05, 0) is 12.1 Å². The van der Waals surface area contributed by atoms with Crippen molar-refractivity contribution in [2.45, 2.75) is 0 Å². The number of hydrogen-bond donors (Lipinski definition) is 2. The zero-order valence-corrected chi connectivity index (χ0v) is 5.63. The van der Waals surface area contributed by atoms with Crippen molar-refractivity contribution >= 4 is 5.91 Å². The van der Waals surface area contributed by atoms with Crippen molar-refractivity contribution in [1.82, 2.24) is 5.16 Å². The van der Waals surface area contributed by atoms with Crippen molar-refractivity contribution in [2.75, 3.05) is 0 Å². The first kappa shape index (κ1) is 6.03. The molecular weight excluding hydrogens is 144 g/mol. The molecule has 0 atom stereocenters. The summed E-state index contributed by atoms with van der Waals surface area (Å²) in [5.41, 5.74) is 6.56. The first-order valence-corrected chi connectivity index (χ1v) is 3.15. The van der Waals surface area contributed by atoms with Gasteiger partial charge in [0.05, 0.1) is 11.3 Å². The number of aromatic nitrogens is 1. The Morgan fingerprint density at radius 1 is 1.55 bits per heavy atom. The van der Waals surface area contributed by atoms with E-state index in [4.69, 9.17) is 10.3 Å². The number of amides is 1. The highest BCUT2D eigenvalue weighted by atomic mass is 16.5. The molecule has 3 N–H and O–H groups in total. The predicted molar refractivity (Wildman–Crippen MR) is 38.2 cm³/mol. The molecule has 56 valence electrons. The average Bonchev–Trinajstić information content (AvgIpc) is 2.41. The number of nitrogens with one attached hydrogen (secondary N) is 1. The first-order valence-electron chi connectivity index (χ1n) is 3.15. The monoisotopic (exact) mass is 150 g/mol. The zero-order chi connectivity index (χ0) is 7.84. The van der Waals surface area contributed by atoms with Crippen molar-refractivity contribution in [3.8, 4) is 11.3 Å². The van der Waals surface area contributed by atoms with E-state index in [9.17, 15) is 4.79 Å². The van der Waals surface area contributed by atoms with Crippen LogP contribution in [-0.4, -0.2) is 11.1 Å². The fraction of sp³-hybridized carbons (Fsp3) is 0. The Kier molecular flexibility index (Phi) is 1.03. The second-order valence-corrected chi connectivity index (χ2v) is 2.25. The molecule has 0 fully saturated rings. The van der Waals surface area contributed by atoms with Gasteiger partial charge in [0.1, 0.15) is 0 Å². The van der Waals surface area contributed by atoms with Crippen molar-refractivity contribution in [3.63, 3.8) is 0 Å². The predicted octanol–water partition coefficient (Wildman–Crippen LogP) is 0.811. The number of rotatable bonds is 1. The van der Waals surface area contributed by atoms with Crippen LogP contribution in [0.1, 0.15) is 10.6 Å². The number of hydrogen-bond acceptors (Lipinski definition) is 2. The van der Waals surface area contributed by atoms with E-state index in [0.29, 0.717) is 0 Å². The number of aromatic amines is 1. The molecule has 0 aromatic carbocycles. The van der Waals surface area contributed by atoms with Crippen molar-refractivity contribution in [2.24, 2.45) is 5.73 Å². The van der Waals surface area contributed by atoms with E-state index in [2.05, 4.69) is 5.16 Å². The lowest BCUT2D eigenvalue weighted by Crippen LogP contribution is -2.10. The molecule has 2 aliphatic rings. The van der Waals surface area contributed by atoms with E-state index in [1.165, 1.54) is 0 Å². The van der Waals surface area contributed by atoms with Crippen LogP contribution in [0.25, 0.3) is 11.3 Å². The minimum Gasteiger partial charge on any atom is -0.376 e. The lowest BCUT2D eigenvalue weighted by molar-refractivity contribution is 0.0966. The van der Waals surface area contributed by atoms with Gasteiger partial charge in [-0.3, -0.25) is 4.79 Å². The maximum absolute atomic E-state index is 10.7. The molecule has 1 aliphatic carbocycles. The van der Waals surface area contributed by atoms with Crippen LogP contribution in [0.2, 0.25) is 0 Å². The van der Waals surface area contributed by atoms with Gasteiger partial charge in [0.2, 0.25) is 5.76 Å². The van der Waals surface area contributed by atoms with E-state index >= 15 is 0 Å². The van der Waals surface area contributed by atoms with Crippen LogP contribution in [0.15, 0.2) is 22.7 Å². The zero-order valence-electron chi connectivity index (χ0n) is 5.63. The van der Waals surface area contributed by atoms with Crippen LogP contribution in [0.3, 0.4) is 0 Å². The Morgan fingerprint density at radius 3 is 3.09 bits per heavy atom. The fourth-order valence-corrected chi connectivity index (χ4v) is 1.05. The summed E-state index contributed by atoms with van der Waals surface area (Å²) < 4.78 is 4.82. The standard InChI is InChI=1S/C7H6N2O2/c8-7(10)6-4-2-1-3-5(4)9-11-6/h1-3,9H,(H2,8,10). The van der Waals surface area contributed by atoms with Gasteiger partial charge in [-0.1, -0.05) is 6.07 Å². The molecule has 0 aromatic heterocycles. The highest BCUT2D eigenvalue weighted by molar-refractivity contribution is 5.96. The summed E-state index contributed by atoms with van der Waals surface area (Å²) in [5, 5.41) is 2.57. The number of primary amides is 1. The van der Waals surface area contributed by atoms with E-state index in [-0.39, 0.29) is 5.76 Å². The van der Waals surface area contributed by atoms with Crippen LogP contribution >= 0.6 is 0 Å². The van der Waals surface area contributed by atoms with Crippen LogP contribution in [0.4, 0.5) is 0 Å². The smallest absolute Gasteiger partial charge is 0.287 e. The summed E-state index contributed by atoms with van der Waals surface area (Å²) in [5.74, 6) is -0.368. The van der Waals surface area contributed by atoms with Gasteiger partial charge in [0.25, 0.3) is 5.91 Å². The van der Waals surface area contributed by atoms with E-state index in [1.54, 1.807) is 6.07 Å². The minimum absolute atomic E-state index is 0.185. The van der Waals surface area contributed by atoms with Crippen molar-refractivity contribution in [1.29, 1.82) is 0 Å². The molecule has 0 saturated heterocycles. The Bertz CT molecular complexity index is 361. The van der Waals surface area contributed by atoms with E-state index in [1.807, 2.05) is 12.1 Å². The van der Waals surface area contributed by atoms with E-state index < -0.39 is 5.91 Å². The molecule has 2 rings (SSSR count). The molecule has 1 aliphatic heterocycles. The third kappa shape index (κ3) is 0.724. The quantitative estimate of drug-likeness (QED) is 0.631. The second-order valence-electron chi connectivity index (χ2n) is 2.25. The fourth-order valence-electron chi connectivity index (χ4n) is 1.05. The minimum atomic E-state index is -0.553. The normalized spacial score (nSPS) is 10.5. The third-order valence-corrected chi connectivity index (χ3v) is 1.55. The second kappa shape index (κ2) is 1.88. The molecule has 0 radical (unpaired) electrons. The molecule has 11 heavy (non-hydrogen) atoms. The summed E-state index contributed by atoms with van der Waals surface area (Å²) >= 11 is 0. The molecule has 1 amide bonds. The molecule has 0 spiro atoms. The van der Waals surface area contributed by atoms with Gasteiger partial charge >= 0.3 is 0 Å². The van der Waals surface area contributed by atoms with Gasteiger partial charge in [0.15, 0.2) is 0 Å². The van der Waals surface area contributed by atoms with Gasteiger partial charge in [-0.25, -0.2) is 5.16 Å². The average molecular weight is 150 g/mol. The maximum atomic E-state index is 10.7. The number of nitrogens with two attached hydrogens (primary N) is 1. The maximum Gasteiger partial charge on any atom is 0.287 e. The summed E-state index contributed by atoms with van der Waals surface area (Å²) in [6.07, 6.45) is 0. The van der Waals surface area contributed by atoms with E-state index in [0.717, 1.165) is 11.3 Å².